The molecule has 1 aromatic rings. The third-order valence-electron chi connectivity index (χ3n) is 2.56. The number of likely N-dealkylation sites (tertiary alicyclic amines) is 1. The standard InChI is InChI=1S/C9H14F2N4.ClH/c10-9(11)15-4-2-8(13-15)6-14-3-1-7(12)5-14;/h2,4,7,9H,1,3,5-6,12H2;1H/t7-;/m0./s1. The summed E-state index contributed by atoms with van der Waals surface area (Å²) in [5.41, 5.74) is 6.42. The molecule has 1 fully saturated rings. The van der Waals surface area contributed by atoms with Crippen LogP contribution >= 0.6 is 12.4 Å². The van der Waals surface area contributed by atoms with Gasteiger partial charge in [0.1, 0.15) is 0 Å². The van der Waals surface area contributed by atoms with Gasteiger partial charge in [0.05, 0.1) is 5.69 Å². The smallest absolute Gasteiger partial charge is 0.326 e. The zero-order valence-corrected chi connectivity index (χ0v) is 9.54. The Labute approximate surface area is 98.8 Å². The van der Waals surface area contributed by atoms with Crippen LogP contribution in [-0.4, -0.2) is 33.8 Å². The maximum Gasteiger partial charge on any atom is 0.333 e. The van der Waals surface area contributed by atoms with Crippen molar-refractivity contribution < 1.29 is 8.78 Å². The lowest BCUT2D eigenvalue weighted by Crippen LogP contribution is -2.26. The Bertz CT molecular complexity index is 331. The number of alkyl halides is 2. The van der Waals surface area contributed by atoms with Crippen molar-refractivity contribution in [1.82, 2.24) is 14.7 Å². The number of aromatic nitrogens is 2. The monoisotopic (exact) mass is 252 g/mol. The molecule has 1 atom stereocenters. The van der Waals surface area contributed by atoms with Crippen molar-refractivity contribution >= 4 is 12.4 Å². The zero-order chi connectivity index (χ0) is 10.8. The molecule has 1 saturated heterocycles. The SMILES string of the molecule is Cl.N[C@H]1CCN(Cc2ccn(C(F)F)n2)C1. The highest BCUT2D eigenvalue weighted by Gasteiger charge is 2.20. The van der Waals surface area contributed by atoms with Gasteiger partial charge in [-0.3, -0.25) is 4.90 Å². The fourth-order valence-corrected chi connectivity index (χ4v) is 1.81. The van der Waals surface area contributed by atoms with Gasteiger partial charge in [0.25, 0.3) is 0 Å². The summed E-state index contributed by atoms with van der Waals surface area (Å²) < 4.78 is 25.1. The molecule has 0 amide bonds. The van der Waals surface area contributed by atoms with Crippen LogP contribution in [0.5, 0.6) is 0 Å². The molecule has 1 aliphatic heterocycles. The number of nitrogens with two attached hydrogens (primary N) is 1. The summed E-state index contributed by atoms with van der Waals surface area (Å²) in [4.78, 5) is 2.13. The molecule has 0 aliphatic carbocycles. The average Bonchev–Trinajstić information content (AvgIpc) is 2.76. The molecule has 2 rings (SSSR count). The quantitative estimate of drug-likeness (QED) is 0.880. The molecule has 2 N–H and O–H groups in total. The van der Waals surface area contributed by atoms with Gasteiger partial charge in [0, 0.05) is 31.9 Å². The number of hydrogen-bond donors (Lipinski definition) is 1. The normalized spacial score (nSPS) is 21.4. The fraction of sp³-hybridized carbons (Fsp3) is 0.667. The molecule has 0 bridgehead atoms. The van der Waals surface area contributed by atoms with Crippen molar-refractivity contribution in [3.63, 3.8) is 0 Å². The van der Waals surface area contributed by atoms with E-state index in [2.05, 4.69) is 10.00 Å². The minimum Gasteiger partial charge on any atom is -0.326 e. The Hall–Kier alpha value is -0.720. The summed E-state index contributed by atoms with van der Waals surface area (Å²) in [5, 5.41) is 3.78. The third-order valence-corrected chi connectivity index (χ3v) is 2.56. The van der Waals surface area contributed by atoms with E-state index in [1.807, 2.05) is 0 Å². The van der Waals surface area contributed by atoms with Crippen molar-refractivity contribution in [2.45, 2.75) is 25.6 Å². The molecule has 1 aliphatic rings. The first-order valence-corrected chi connectivity index (χ1v) is 4.95. The van der Waals surface area contributed by atoms with E-state index in [-0.39, 0.29) is 18.4 Å². The summed E-state index contributed by atoms with van der Waals surface area (Å²) in [5.74, 6) is 0. The number of rotatable bonds is 3. The first-order chi connectivity index (χ1) is 7.15. The molecule has 2 heterocycles. The number of nitrogens with zero attached hydrogens (tertiary/aromatic N) is 3. The summed E-state index contributed by atoms with van der Waals surface area (Å²) in [6, 6.07) is 1.83. The van der Waals surface area contributed by atoms with Crippen LogP contribution in [-0.2, 0) is 6.54 Å². The largest absolute Gasteiger partial charge is 0.333 e. The van der Waals surface area contributed by atoms with E-state index in [1.54, 1.807) is 6.07 Å². The summed E-state index contributed by atoms with van der Waals surface area (Å²) in [6.45, 7) is -0.211. The second-order valence-corrected chi connectivity index (χ2v) is 3.85. The molecule has 4 nitrogen and oxygen atoms in total. The van der Waals surface area contributed by atoms with Gasteiger partial charge in [0.15, 0.2) is 0 Å². The first kappa shape index (κ1) is 13.3. The lowest BCUT2D eigenvalue weighted by molar-refractivity contribution is 0.0558. The van der Waals surface area contributed by atoms with E-state index in [4.69, 9.17) is 5.73 Å². The van der Waals surface area contributed by atoms with E-state index in [0.717, 1.165) is 19.5 Å². The second kappa shape index (κ2) is 5.56. The van der Waals surface area contributed by atoms with Crippen LogP contribution in [0.4, 0.5) is 8.78 Å². The highest BCUT2D eigenvalue weighted by Crippen LogP contribution is 2.13. The molecule has 0 saturated carbocycles. The summed E-state index contributed by atoms with van der Waals surface area (Å²) in [7, 11) is 0. The Morgan fingerprint density at radius 1 is 1.56 bits per heavy atom. The average molecular weight is 253 g/mol. The lowest BCUT2D eigenvalue weighted by Gasteiger charge is -2.12. The molecular weight excluding hydrogens is 238 g/mol. The van der Waals surface area contributed by atoms with Gasteiger partial charge in [-0.1, -0.05) is 0 Å². The Kier molecular flexibility index (Phi) is 4.64. The minimum absolute atomic E-state index is 0. The highest BCUT2D eigenvalue weighted by atomic mass is 35.5. The van der Waals surface area contributed by atoms with Gasteiger partial charge in [0.2, 0.25) is 0 Å². The Balaban J connectivity index is 0.00000128. The summed E-state index contributed by atoms with van der Waals surface area (Å²) in [6.07, 6.45) is 2.27. The molecule has 0 aromatic carbocycles. The minimum atomic E-state index is -2.56. The molecule has 0 unspecified atom stereocenters. The predicted octanol–water partition coefficient (Wildman–Crippen LogP) is 1.23. The third kappa shape index (κ3) is 3.13. The second-order valence-electron chi connectivity index (χ2n) is 3.85. The van der Waals surface area contributed by atoms with Gasteiger partial charge in [-0.2, -0.15) is 13.9 Å². The Morgan fingerprint density at radius 3 is 2.81 bits per heavy atom. The van der Waals surface area contributed by atoms with E-state index >= 15 is 0 Å². The van der Waals surface area contributed by atoms with Crippen LogP contribution in [0.15, 0.2) is 12.3 Å². The van der Waals surface area contributed by atoms with Crippen LogP contribution in [0, 0.1) is 0 Å². The van der Waals surface area contributed by atoms with Crippen molar-refractivity contribution in [2.24, 2.45) is 5.73 Å². The Morgan fingerprint density at radius 2 is 2.31 bits per heavy atom. The van der Waals surface area contributed by atoms with Gasteiger partial charge < -0.3 is 5.73 Å². The van der Waals surface area contributed by atoms with Gasteiger partial charge in [-0.05, 0) is 12.5 Å². The van der Waals surface area contributed by atoms with Crippen molar-refractivity contribution in [1.29, 1.82) is 0 Å². The van der Waals surface area contributed by atoms with Crippen molar-refractivity contribution in [3.05, 3.63) is 18.0 Å². The van der Waals surface area contributed by atoms with Crippen LogP contribution in [0.1, 0.15) is 18.7 Å². The van der Waals surface area contributed by atoms with Crippen molar-refractivity contribution in [3.8, 4) is 0 Å². The van der Waals surface area contributed by atoms with Gasteiger partial charge >= 0.3 is 6.55 Å². The highest BCUT2D eigenvalue weighted by molar-refractivity contribution is 5.85. The maximum atomic E-state index is 12.2. The van der Waals surface area contributed by atoms with Crippen LogP contribution in [0.2, 0.25) is 0 Å². The zero-order valence-electron chi connectivity index (χ0n) is 8.72. The molecule has 1 aromatic heterocycles. The predicted molar refractivity (Wildman–Crippen MR) is 58.6 cm³/mol. The van der Waals surface area contributed by atoms with E-state index in [0.29, 0.717) is 16.9 Å². The molecule has 92 valence electrons. The van der Waals surface area contributed by atoms with E-state index < -0.39 is 6.55 Å². The fourth-order valence-electron chi connectivity index (χ4n) is 1.81. The molecule has 7 heteroatoms. The molecular formula is C9H15ClF2N4. The maximum absolute atomic E-state index is 12.2. The van der Waals surface area contributed by atoms with Crippen LogP contribution in [0.25, 0.3) is 0 Å². The lowest BCUT2D eigenvalue weighted by atomic mass is 10.3. The topological polar surface area (TPSA) is 47.1 Å². The van der Waals surface area contributed by atoms with Crippen molar-refractivity contribution in [2.75, 3.05) is 13.1 Å². The molecule has 0 radical (unpaired) electrons. The van der Waals surface area contributed by atoms with E-state index in [9.17, 15) is 8.78 Å². The number of halogens is 3. The van der Waals surface area contributed by atoms with Gasteiger partial charge in [-0.25, -0.2) is 4.68 Å². The van der Waals surface area contributed by atoms with Gasteiger partial charge in [-0.15, -0.1) is 12.4 Å². The van der Waals surface area contributed by atoms with Crippen LogP contribution in [0.3, 0.4) is 0 Å². The molecule has 16 heavy (non-hydrogen) atoms. The van der Waals surface area contributed by atoms with E-state index in [1.165, 1.54) is 6.20 Å². The van der Waals surface area contributed by atoms with Crippen LogP contribution < -0.4 is 5.73 Å². The number of hydrogen-bond acceptors (Lipinski definition) is 3. The molecule has 0 spiro atoms. The first-order valence-electron chi connectivity index (χ1n) is 4.95. The summed E-state index contributed by atoms with van der Waals surface area (Å²) >= 11 is 0.